The summed E-state index contributed by atoms with van der Waals surface area (Å²) in [7, 11) is 3.62. The number of nitrogens with one attached hydrogen (secondary N) is 1. The highest BCUT2D eigenvalue weighted by atomic mass is 16.2. The lowest BCUT2D eigenvalue weighted by molar-refractivity contribution is -0.157. The van der Waals surface area contributed by atoms with Gasteiger partial charge in [-0.3, -0.25) is 9.59 Å². The monoisotopic (exact) mass is 398 g/mol. The lowest BCUT2D eigenvalue weighted by Crippen LogP contribution is -2.67. The topological polar surface area (TPSA) is 90.8 Å². The van der Waals surface area contributed by atoms with Crippen molar-refractivity contribution in [1.29, 1.82) is 0 Å². The van der Waals surface area contributed by atoms with Gasteiger partial charge in [-0.05, 0) is 18.6 Å². The van der Waals surface area contributed by atoms with Gasteiger partial charge in [-0.1, -0.05) is 12.1 Å². The first kappa shape index (κ1) is 19.2. The lowest BCUT2D eigenvalue weighted by atomic mass is 10.1. The van der Waals surface area contributed by atoms with Gasteiger partial charge >= 0.3 is 6.03 Å². The molecule has 1 N–H and O–H groups in total. The van der Waals surface area contributed by atoms with Crippen molar-refractivity contribution in [1.82, 2.24) is 29.6 Å². The number of rotatable bonds is 4. The van der Waals surface area contributed by atoms with E-state index in [1.54, 1.807) is 16.8 Å². The van der Waals surface area contributed by atoms with Gasteiger partial charge in [-0.15, -0.1) is 0 Å². The molecule has 4 rings (SSSR count). The maximum Gasteiger partial charge on any atom is 0.317 e. The van der Waals surface area contributed by atoms with Crippen molar-refractivity contribution in [2.45, 2.75) is 18.9 Å². The summed E-state index contributed by atoms with van der Waals surface area (Å²) in [6.45, 7) is 1.72. The molecular weight excluding hydrogens is 372 g/mol. The van der Waals surface area contributed by atoms with Gasteiger partial charge in [0.2, 0.25) is 11.8 Å². The molecule has 1 aromatic carbocycles. The number of aromatic nitrogens is 2. The van der Waals surface area contributed by atoms with Crippen LogP contribution in [0.1, 0.15) is 12.2 Å². The van der Waals surface area contributed by atoms with Crippen molar-refractivity contribution >= 4 is 28.9 Å². The average Bonchev–Trinajstić information content (AvgIpc) is 3.05. The molecule has 1 aromatic heterocycles. The first-order valence-electron chi connectivity index (χ1n) is 9.93. The third-order valence-electron chi connectivity index (χ3n) is 5.75. The number of nitrogens with zero attached hydrogens (tertiary/aromatic N) is 5. The van der Waals surface area contributed by atoms with Crippen molar-refractivity contribution in [2.24, 2.45) is 7.05 Å². The minimum absolute atomic E-state index is 0.0559. The summed E-state index contributed by atoms with van der Waals surface area (Å²) in [5, 5.41) is 2.93. The van der Waals surface area contributed by atoms with Crippen LogP contribution in [0, 0.1) is 0 Å². The molecule has 0 spiro atoms. The highest BCUT2D eigenvalue weighted by Crippen LogP contribution is 2.17. The van der Waals surface area contributed by atoms with Gasteiger partial charge in [0.15, 0.2) is 0 Å². The Morgan fingerprint density at radius 2 is 2.00 bits per heavy atom. The van der Waals surface area contributed by atoms with Gasteiger partial charge in [0.05, 0.1) is 24.1 Å². The number of fused-ring (bicyclic) bond motifs is 2. The summed E-state index contributed by atoms with van der Waals surface area (Å²) in [5.41, 5.74) is 2.07. The molecule has 4 amide bonds. The number of urea groups is 1. The fourth-order valence-corrected chi connectivity index (χ4v) is 4.08. The lowest BCUT2D eigenvalue weighted by Gasteiger charge is -2.45. The van der Waals surface area contributed by atoms with Crippen LogP contribution in [0.15, 0.2) is 24.3 Å². The Bertz CT molecular complexity index is 955. The molecule has 2 fully saturated rings. The van der Waals surface area contributed by atoms with Gasteiger partial charge in [-0.25, -0.2) is 9.78 Å². The molecule has 9 heteroatoms. The Balaban J connectivity index is 1.28. The number of likely N-dealkylation sites (N-methyl/N-ethyl adjacent to an activating group) is 1. The molecule has 2 aliphatic heterocycles. The molecule has 0 saturated carbocycles. The van der Waals surface area contributed by atoms with E-state index in [9.17, 15) is 14.4 Å². The Hall–Kier alpha value is -3.10. The molecule has 0 radical (unpaired) electrons. The molecule has 1 atom stereocenters. The third-order valence-corrected chi connectivity index (χ3v) is 5.75. The van der Waals surface area contributed by atoms with E-state index in [1.165, 1.54) is 4.90 Å². The van der Waals surface area contributed by atoms with E-state index in [-0.39, 0.29) is 30.9 Å². The van der Waals surface area contributed by atoms with Gasteiger partial charge in [-0.2, -0.15) is 0 Å². The van der Waals surface area contributed by atoms with Crippen LogP contribution in [0.2, 0.25) is 0 Å². The fraction of sp³-hybridized carbons (Fsp3) is 0.500. The van der Waals surface area contributed by atoms with Crippen molar-refractivity contribution in [3.05, 3.63) is 30.1 Å². The van der Waals surface area contributed by atoms with Gasteiger partial charge in [0.25, 0.3) is 0 Å². The molecule has 29 heavy (non-hydrogen) atoms. The summed E-state index contributed by atoms with van der Waals surface area (Å²) >= 11 is 0. The van der Waals surface area contributed by atoms with E-state index < -0.39 is 6.04 Å². The van der Waals surface area contributed by atoms with Crippen molar-refractivity contribution < 1.29 is 14.4 Å². The quantitative estimate of drug-likeness (QED) is 0.745. The van der Waals surface area contributed by atoms with Crippen LogP contribution in [0.5, 0.6) is 0 Å². The van der Waals surface area contributed by atoms with E-state index in [4.69, 9.17) is 0 Å². The zero-order chi connectivity index (χ0) is 20.5. The SMILES string of the molecule is CN1CC(=O)N2CCN(C(=O)NCCCc3nc4ccccc4n3C)C[C@H]2C1=O. The Morgan fingerprint density at radius 3 is 2.79 bits per heavy atom. The van der Waals surface area contributed by atoms with Crippen LogP contribution in [0.25, 0.3) is 11.0 Å². The van der Waals surface area contributed by atoms with Crippen LogP contribution >= 0.6 is 0 Å². The number of piperazine rings is 2. The number of benzene rings is 1. The number of hydrogen-bond donors (Lipinski definition) is 1. The molecule has 2 aliphatic rings. The zero-order valence-corrected chi connectivity index (χ0v) is 16.8. The second-order valence-electron chi connectivity index (χ2n) is 7.65. The molecule has 0 aliphatic carbocycles. The van der Waals surface area contributed by atoms with Crippen LogP contribution in [-0.2, 0) is 23.1 Å². The Morgan fingerprint density at radius 1 is 1.21 bits per heavy atom. The maximum atomic E-state index is 12.5. The van der Waals surface area contributed by atoms with Crippen LogP contribution in [0.3, 0.4) is 0 Å². The number of carbonyl (C=O) groups excluding carboxylic acids is 3. The predicted octanol–water partition coefficient (Wildman–Crippen LogP) is 0.200. The van der Waals surface area contributed by atoms with E-state index in [0.717, 1.165) is 29.7 Å². The smallest absolute Gasteiger partial charge is 0.317 e. The third kappa shape index (κ3) is 3.64. The summed E-state index contributed by atoms with van der Waals surface area (Å²) < 4.78 is 2.08. The number of aryl methyl sites for hydroxylation is 2. The van der Waals surface area contributed by atoms with Gasteiger partial charge in [0.1, 0.15) is 11.9 Å². The van der Waals surface area contributed by atoms with E-state index in [1.807, 2.05) is 31.3 Å². The Labute approximate surface area is 169 Å². The van der Waals surface area contributed by atoms with Crippen molar-refractivity contribution in [3.8, 4) is 0 Å². The number of hydrogen-bond acceptors (Lipinski definition) is 4. The maximum absolute atomic E-state index is 12.5. The first-order valence-corrected chi connectivity index (χ1v) is 9.93. The van der Waals surface area contributed by atoms with E-state index in [0.29, 0.717) is 19.6 Å². The summed E-state index contributed by atoms with van der Waals surface area (Å²) in [4.78, 5) is 46.3. The van der Waals surface area contributed by atoms with Crippen LogP contribution in [-0.4, -0.2) is 87.9 Å². The first-order chi connectivity index (χ1) is 14.0. The molecule has 9 nitrogen and oxygen atoms in total. The minimum atomic E-state index is -0.569. The van der Waals surface area contributed by atoms with E-state index in [2.05, 4.69) is 14.9 Å². The number of para-hydroxylation sites is 2. The molecule has 0 unspecified atom stereocenters. The molecule has 2 saturated heterocycles. The normalized spacial score (nSPS) is 19.7. The molecule has 3 heterocycles. The molecule has 0 bridgehead atoms. The van der Waals surface area contributed by atoms with Crippen LogP contribution in [0.4, 0.5) is 4.79 Å². The number of carbonyl (C=O) groups is 3. The average molecular weight is 398 g/mol. The highest BCUT2D eigenvalue weighted by molar-refractivity contribution is 5.95. The van der Waals surface area contributed by atoms with Crippen LogP contribution < -0.4 is 5.32 Å². The summed E-state index contributed by atoms with van der Waals surface area (Å²) in [6, 6.07) is 7.25. The van der Waals surface area contributed by atoms with Crippen molar-refractivity contribution in [3.63, 3.8) is 0 Å². The molecule has 2 aromatic rings. The summed E-state index contributed by atoms with van der Waals surface area (Å²) in [5.74, 6) is 0.826. The van der Waals surface area contributed by atoms with Gasteiger partial charge in [0, 0.05) is 40.2 Å². The highest BCUT2D eigenvalue weighted by Gasteiger charge is 2.42. The van der Waals surface area contributed by atoms with E-state index >= 15 is 0 Å². The molecule has 154 valence electrons. The summed E-state index contributed by atoms with van der Waals surface area (Å²) in [6.07, 6.45) is 1.53. The Kier molecular flexibility index (Phi) is 5.12. The largest absolute Gasteiger partial charge is 0.338 e. The second-order valence-corrected chi connectivity index (χ2v) is 7.65. The number of amides is 4. The predicted molar refractivity (Wildman–Crippen MR) is 107 cm³/mol. The fourth-order valence-electron chi connectivity index (χ4n) is 4.08. The minimum Gasteiger partial charge on any atom is -0.338 e. The second kappa shape index (κ2) is 7.73. The van der Waals surface area contributed by atoms with Gasteiger partial charge < -0.3 is 24.6 Å². The molecular formula is C20H26N6O3. The standard InChI is InChI=1S/C20H26N6O3/c1-23-13-18(27)26-11-10-25(12-16(26)19(23)28)20(29)21-9-5-8-17-22-14-6-3-4-7-15(14)24(17)2/h3-4,6-7,16H,5,8-13H2,1-2H3,(H,21,29)/t16-/m0/s1. The zero-order valence-electron chi connectivity index (χ0n) is 16.8. The van der Waals surface area contributed by atoms with Crippen molar-refractivity contribution in [2.75, 3.05) is 39.8 Å². The number of imidazole rings is 1.